The summed E-state index contributed by atoms with van der Waals surface area (Å²) in [4.78, 5) is 0. The molecule has 5 atom stereocenters. The third kappa shape index (κ3) is 5.36. The van der Waals surface area contributed by atoms with Gasteiger partial charge in [0.05, 0.1) is 10.9 Å². The highest BCUT2D eigenvalue weighted by atomic mass is 32.2. The van der Waals surface area contributed by atoms with Crippen molar-refractivity contribution in [3.05, 3.63) is 35.9 Å². The van der Waals surface area contributed by atoms with Crippen LogP contribution in [-0.2, 0) is 22.3 Å². The quantitative estimate of drug-likeness (QED) is 0.830. The summed E-state index contributed by atoms with van der Waals surface area (Å²) < 4.78 is 20.9. The van der Waals surface area contributed by atoms with Crippen LogP contribution in [0.15, 0.2) is 30.3 Å². The van der Waals surface area contributed by atoms with Crippen LogP contribution in [0.3, 0.4) is 0 Å². The molecule has 0 radical (unpaired) electrons. The van der Waals surface area contributed by atoms with E-state index in [1.807, 2.05) is 45.9 Å². The van der Waals surface area contributed by atoms with Gasteiger partial charge in [-0.05, 0) is 45.6 Å². The van der Waals surface area contributed by atoms with Crippen LogP contribution in [0, 0.1) is 5.92 Å². The van der Waals surface area contributed by atoms with E-state index in [1.165, 1.54) is 0 Å². The Kier molecular flexibility index (Phi) is 7.20. The second-order valence-corrected chi connectivity index (χ2v) is 10.2. The first-order chi connectivity index (χ1) is 11.7. The van der Waals surface area contributed by atoms with Crippen LogP contribution in [0.2, 0.25) is 0 Å². The molecule has 1 saturated heterocycles. The van der Waals surface area contributed by atoms with E-state index < -0.39 is 17.3 Å². The predicted octanol–water partition coefficient (Wildman–Crippen LogP) is 3.86. The van der Waals surface area contributed by atoms with Crippen molar-refractivity contribution in [2.45, 2.75) is 83.6 Å². The molecule has 142 valence electrons. The summed E-state index contributed by atoms with van der Waals surface area (Å²) in [6.45, 7) is 10.8. The van der Waals surface area contributed by atoms with Gasteiger partial charge in [-0.15, -0.1) is 0 Å². The highest BCUT2D eigenvalue weighted by Crippen LogP contribution is 2.31. The van der Waals surface area contributed by atoms with Crippen molar-refractivity contribution in [1.82, 2.24) is 4.31 Å². The maximum atomic E-state index is 13.3. The van der Waals surface area contributed by atoms with Gasteiger partial charge < -0.3 is 9.84 Å². The lowest BCUT2D eigenvalue weighted by molar-refractivity contribution is -0.201. The summed E-state index contributed by atoms with van der Waals surface area (Å²) in [5, 5.41) is 10.1. The fraction of sp³-hybridized carbons (Fsp3) is 0.700. The van der Waals surface area contributed by atoms with Gasteiger partial charge in [0, 0.05) is 18.5 Å². The van der Waals surface area contributed by atoms with Gasteiger partial charge in [0.15, 0.2) is 6.29 Å². The zero-order valence-corrected chi connectivity index (χ0v) is 17.0. The molecule has 1 aromatic carbocycles. The van der Waals surface area contributed by atoms with E-state index in [4.69, 9.17) is 4.74 Å². The molecular formula is C20H33NO3S. The molecule has 0 saturated carbocycles. The molecule has 0 bridgehead atoms. The van der Waals surface area contributed by atoms with E-state index in [1.54, 1.807) is 0 Å². The fourth-order valence-corrected chi connectivity index (χ4v) is 4.80. The Morgan fingerprint density at radius 2 is 1.92 bits per heavy atom. The van der Waals surface area contributed by atoms with Crippen molar-refractivity contribution in [2.75, 3.05) is 0 Å². The molecule has 2 rings (SSSR count). The maximum absolute atomic E-state index is 13.3. The summed E-state index contributed by atoms with van der Waals surface area (Å²) in [5.41, 5.74) is 1.14. The van der Waals surface area contributed by atoms with Crippen molar-refractivity contribution >= 4 is 11.0 Å². The van der Waals surface area contributed by atoms with Crippen LogP contribution in [0.25, 0.3) is 0 Å². The number of aliphatic hydroxyl groups is 1. The average molecular weight is 368 g/mol. The van der Waals surface area contributed by atoms with Crippen LogP contribution in [-0.4, -0.2) is 36.8 Å². The first kappa shape index (κ1) is 20.6. The van der Waals surface area contributed by atoms with E-state index >= 15 is 0 Å². The summed E-state index contributed by atoms with van der Waals surface area (Å²) in [6, 6.07) is 10.2. The lowest BCUT2D eigenvalue weighted by Crippen LogP contribution is -2.51. The number of nitrogens with zero attached hydrogens (tertiary/aromatic N) is 1. The van der Waals surface area contributed by atoms with Crippen LogP contribution in [0.1, 0.15) is 59.4 Å². The highest BCUT2D eigenvalue weighted by Gasteiger charge is 2.38. The number of aliphatic hydroxyl groups excluding tert-OH is 1. The van der Waals surface area contributed by atoms with Crippen LogP contribution < -0.4 is 0 Å². The molecule has 1 N–H and O–H groups in total. The molecule has 0 amide bonds. The first-order valence-corrected chi connectivity index (χ1v) is 10.4. The molecule has 25 heavy (non-hydrogen) atoms. The summed E-state index contributed by atoms with van der Waals surface area (Å²) in [6.07, 6.45) is 1.84. The van der Waals surface area contributed by atoms with Gasteiger partial charge in [-0.2, -0.15) is 0 Å². The predicted molar refractivity (Wildman–Crippen MR) is 103 cm³/mol. The fourth-order valence-electron chi connectivity index (χ4n) is 3.30. The Hall–Kier alpha value is -0.750. The van der Waals surface area contributed by atoms with Gasteiger partial charge in [-0.3, -0.25) is 0 Å². The van der Waals surface area contributed by atoms with Gasteiger partial charge in [-0.1, -0.05) is 44.2 Å². The Bertz CT molecular complexity index is 558. The molecule has 0 spiro atoms. The Morgan fingerprint density at radius 1 is 1.28 bits per heavy atom. The number of rotatable bonds is 6. The molecule has 0 aliphatic carbocycles. The second kappa shape index (κ2) is 8.76. The lowest BCUT2D eigenvalue weighted by atomic mass is 9.93. The van der Waals surface area contributed by atoms with Gasteiger partial charge in [-0.25, -0.2) is 8.51 Å². The van der Waals surface area contributed by atoms with E-state index in [-0.39, 0.29) is 22.8 Å². The van der Waals surface area contributed by atoms with E-state index in [2.05, 4.69) is 23.4 Å². The third-order valence-electron chi connectivity index (χ3n) is 4.84. The van der Waals surface area contributed by atoms with Crippen molar-refractivity contribution in [3.63, 3.8) is 0 Å². The standard InChI is InChI=1S/C20H33NO3S/c1-6-17(18-13-12-15(2)19(22)24-18)21(25(23)20(3,4)5)14-16-10-8-7-9-11-16/h7-11,15,17-19,22H,6,12-14H2,1-5H3/t15?,17-,18-,19?,25?/m0/s1. The number of ether oxygens (including phenoxy) is 1. The topological polar surface area (TPSA) is 49.8 Å². The van der Waals surface area contributed by atoms with Gasteiger partial charge >= 0.3 is 0 Å². The number of benzene rings is 1. The lowest BCUT2D eigenvalue weighted by Gasteiger charge is -2.42. The molecular weight excluding hydrogens is 334 g/mol. The average Bonchev–Trinajstić information content (AvgIpc) is 2.57. The van der Waals surface area contributed by atoms with Crippen molar-refractivity contribution in [2.24, 2.45) is 5.92 Å². The molecule has 3 unspecified atom stereocenters. The smallest absolute Gasteiger partial charge is 0.157 e. The molecule has 0 aromatic heterocycles. The van der Waals surface area contributed by atoms with Gasteiger partial charge in [0.1, 0.15) is 11.0 Å². The van der Waals surface area contributed by atoms with Crippen molar-refractivity contribution < 1.29 is 14.1 Å². The minimum Gasteiger partial charge on any atom is -0.368 e. The molecule has 1 aromatic rings. The van der Waals surface area contributed by atoms with E-state index in [9.17, 15) is 9.32 Å². The maximum Gasteiger partial charge on any atom is 0.157 e. The van der Waals surface area contributed by atoms with Gasteiger partial charge in [0.2, 0.25) is 0 Å². The number of hydrogen-bond acceptors (Lipinski definition) is 3. The Balaban J connectivity index is 2.26. The monoisotopic (exact) mass is 367 g/mol. The molecule has 1 heterocycles. The second-order valence-electron chi connectivity index (χ2n) is 8.02. The largest absolute Gasteiger partial charge is 0.368 e. The molecule has 4 nitrogen and oxygen atoms in total. The SMILES string of the molecule is CC[C@@H]([C@@H]1CCC(C)C(O)O1)N(Cc1ccccc1)S(=O)C(C)(C)C. The highest BCUT2D eigenvalue weighted by molar-refractivity contribution is 7.84. The van der Waals surface area contributed by atoms with Crippen LogP contribution >= 0.6 is 0 Å². The zero-order chi connectivity index (χ0) is 18.6. The zero-order valence-electron chi connectivity index (χ0n) is 16.1. The minimum atomic E-state index is -1.16. The third-order valence-corrected chi connectivity index (χ3v) is 6.72. The minimum absolute atomic E-state index is 0.0161. The Morgan fingerprint density at radius 3 is 2.44 bits per heavy atom. The summed E-state index contributed by atoms with van der Waals surface area (Å²) >= 11 is 0. The van der Waals surface area contributed by atoms with Crippen LogP contribution in [0.4, 0.5) is 0 Å². The summed E-state index contributed by atoms with van der Waals surface area (Å²) in [7, 11) is -1.16. The van der Waals surface area contributed by atoms with Crippen molar-refractivity contribution in [1.29, 1.82) is 0 Å². The van der Waals surface area contributed by atoms with Gasteiger partial charge in [0.25, 0.3) is 0 Å². The van der Waals surface area contributed by atoms with Crippen LogP contribution in [0.5, 0.6) is 0 Å². The molecule has 1 aliphatic rings. The number of hydrogen-bond donors (Lipinski definition) is 1. The van der Waals surface area contributed by atoms with Crippen molar-refractivity contribution in [3.8, 4) is 0 Å². The molecule has 1 aliphatic heterocycles. The summed E-state index contributed by atoms with van der Waals surface area (Å²) in [5.74, 6) is 0.157. The first-order valence-electron chi connectivity index (χ1n) is 9.30. The molecule has 5 heteroatoms. The van der Waals surface area contributed by atoms with E-state index in [0.717, 1.165) is 24.8 Å². The molecule has 1 fully saturated rings. The Labute approximate surface area is 155 Å². The van der Waals surface area contributed by atoms with E-state index in [0.29, 0.717) is 6.54 Å². The normalized spacial score (nSPS) is 27.2.